The van der Waals surface area contributed by atoms with Gasteiger partial charge in [0.1, 0.15) is 11.3 Å². The van der Waals surface area contributed by atoms with E-state index >= 15 is 0 Å². The fraction of sp³-hybridized carbons (Fsp3) is 0.422. The molecule has 0 aliphatic carbocycles. The molecule has 1 radical (unpaired) electrons. The van der Waals surface area contributed by atoms with Gasteiger partial charge in [0.05, 0.1) is 7.13 Å². The van der Waals surface area contributed by atoms with Crippen LogP contribution in [0.25, 0.3) is 44.3 Å². The number of aliphatic hydroxyl groups excluding tert-OH is 1. The average Bonchev–Trinajstić information content (AvgIpc) is 3.51. The van der Waals surface area contributed by atoms with Gasteiger partial charge in [-0.3, -0.25) is 9.78 Å². The number of aliphatic hydroxyl groups is 1. The van der Waals surface area contributed by atoms with E-state index in [9.17, 15) is 9.90 Å². The first-order valence-electron chi connectivity index (χ1n) is 18.5. The second kappa shape index (κ2) is 17.6. The van der Waals surface area contributed by atoms with Crippen molar-refractivity contribution in [1.29, 1.82) is 0 Å². The van der Waals surface area contributed by atoms with Crippen LogP contribution in [0.1, 0.15) is 107 Å². The minimum atomic E-state index is -0.214. The van der Waals surface area contributed by atoms with E-state index < -0.39 is 0 Å². The smallest absolute Gasteiger partial charge is 0.162 e. The Morgan fingerprint density at radius 1 is 0.900 bits per heavy atom. The second-order valence-corrected chi connectivity index (χ2v) is 15.4. The molecule has 0 spiro atoms. The summed E-state index contributed by atoms with van der Waals surface area (Å²) in [5.74, 6) is 0.453. The van der Waals surface area contributed by atoms with Gasteiger partial charge < -0.3 is 9.52 Å². The minimum Gasteiger partial charge on any atom is -0.512 e. The van der Waals surface area contributed by atoms with Gasteiger partial charge in [-0.2, -0.15) is 0 Å². The fourth-order valence-corrected chi connectivity index (χ4v) is 6.33. The van der Waals surface area contributed by atoms with E-state index in [2.05, 4.69) is 108 Å². The van der Waals surface area contributed by atoms with Crippen LogP contribution in [0.2, 0.25) is 0 Å². The predicted molar refractivity (Wildman–Crippen MR) is 207 cm³/mol. The van der Waals surface area contributed by atoms with Crippen LogP contribution in [0.3, 0.4) is 0 Å². The molecular formula is C45H56IrNO3-. The number of carbonyl (C=O) groups is 1. The Labute approximate surface area is 315 Å². The SMILES string of the molecule is CC(C)(C)Cc1ccc2cc(-c3ccnc(-c4[c-]c5ccccc5c(C(C)(C)C)c4)c3)oc2c1.[2H]/C(C(=O)C(CC)CC)=C(/O)C(CC)CC.[Ir]. The van der Waals surface area contributed by atoms with Crippen LogP contribution in [0.5, 0.6) is 0 Å². The molecule has 2 aromatic heterocycles. The van der Waals surface area contributed by atoms with Crippen molar-refractivity contribution in [3.8, 4) is 22.6 Å². The normalized spacial score (nSPS) is 12.8. The Morgan fingerprint density at radius 2 is 1.56 bits per heavy atom. The molecule has 2 heterocycles. The standard InChI is InChI=1S/C32H32NO.C13H24O2.Ir/c1-31(2,3)20-21-11-12-23-19-30(34-29(23)15-21)24-13-14-33-28(18-24)25-16-22-9-7-8-10-26(22)27(17-25)32(4,5)6;1-5-10(6-2)12(14)9-13(15)11(7-3)8-4;/h7-15,17-19H,20H2,1-6H3;9-11,14H,5-8H2,1-4H3;/q-1;;/b;12-9-;/i;9D;. The summed E-state index contributed by atoms with van der Waals surface area (Å²) in [6.07, 6.45) is 5.87. The molecule has 0 saturated heterocycles. The summed E-state index contributed by atoms with van der Waals surface area (Å²) in [5, 5.41) is 13.3. The van der Waals surface area contributed by atoms with Crippen LogP contribution in [-0.2, 0) is 36.7 Å². The molecule has 5 rings (SSSR count). The fourth-order valence-electron chi connectivity index (χ4n) is 6.33. The van der Waals surface area contributed by atoms with Gasteiger partial charge in [0.2, 0.25) is 0 Å². The van der Waals surface area contributed by atoms with E-state index in [1.165, 1.54) is 16.5 Å². The van der Waals surface area contributed by atoms with Gasteiger partial charge in [-0.1, -0.05) is 117 Å². The first-order valence-corrected chi connectivity index (χ1v) is 18.0. The second-order valence-electron chi connectivity index (χ2n) is 15.4. The van der Waals surface area contributed by atoms with Crippen molar-refractivity contribution >= 4 is 27.5 Å². The number of ketones is 1. The molecule has 0 atom stereocenters. The van der Waals surface area contributed by atoms with Gasteiger partial charge in [-0.25, -0.2) is 0 Å². The number of hydrogen-bond acceptors (Lipinski definition) is 4. The quantitative estimate of drug-likeness (QED) is 0.0864. The number of rotatable bonds is 10. The maximum Gasteiger partial charge on any atom is 0.162 e. The molecule has 0 aliphatic heterocycles. The van der Waals surface area contributed by atoms with Crippen molar-refractivity contribution in [2.45, 2.75) is 107 Å². The van der Waals surface area contributed by atoms with Crippen LogP contribution in [0, 0.1) is 23.3 Å². The predicted octanol–water partition coefficient (Wildman–Crippen LogP) is 12.9. The van der Waals surface area contributed by atoms with Crippen molar-refractivity contribution in [3.05, 3.63) is 102 Å². The number of fused-ring (bicyclic) bond motifs is 2. The summed E-state index contributed by atoms with van der Waals surface area (Å²) in [6.45, 7) is 21.3. The Morgan fingerprint density at radius 3 is 2.18 bits per heavy atom. The van der Waals surface area contributed by atoms with Crippen molar-refractivity contribution in [3.63, 3.8) is 0 Å². The Balaban J connectivity index is 0.000000353. The van der Waals surface area contributed by atoms with Crippen molar-refractivity contribution < 1.29 is 35.8 Å². The zero-order valence-corrected chi connectivity index (χ0v) is 34.1. The van der Waals surface area contributed by atoms with Crippen molar-refractivity contribution in [2.75, 3.05) is 0 Å². The van der Waals surface area contributed by atoms with Gasteiger partial charge in [-0.15, -0.1) is 29.1 Å². The molecule has 0 amide bonds. The molecule has 0 bridgehead atoms. The van der Waals surface area contributed by atoms with E-state index in [4.69, 9.17) is 10.8 Å². The zero-order chi connectivity index (χ0) is 36.8. The summed E-state index contributed by atoms with van der Waals surface area (Å²) in [7, 11) is 0. The van der Waals surface area contributed by atoms with E-state index in [1.807, 2.05) is 40.0 Å². The first kappa shape index (κ1) is 39.3. The van der Waals surface area contributed by atoms with E-state index in [-0.39, 0.29) is 60.4 Å². The van der Waals surface area contributed by atoms with Crippen LogP contribution in [0.4, 0.5) is 0 Å². The summed E-state index contributed by atoms with van der Waals surface area (Å²) in [5.41, 5.74) is 6.74. The molecule has 0 saturated carbocycles. The Hall–Kier alpha value is -3.53. The Kier molecular flexibility index (Phi) is 13.8. The topological polar surface area (TPSA) is 63.3 Å². The zero-order valence-electron chi connectivity index (χ0n) is 32.7. The number of pyridine rings is 1. The molecule has 269 valence electrons. The maximum atomic E-state index is 11.9. The molecule has 0 aliphatic rings. The summed E-state index contributed by atoms with van der Waals surface area (Å²) < 4.78 is 14.0. The van der Waals surface area contributed by atoms with Gasteiger partial charge in [-0.05, 0) is 66.7 Å². The van der Waals surface area contributed by atoms with Gasteiger partial charge >= 0.3 is 0 Å². The maximum absolute atomic E-state index is 11.9. The molecule has 0 unspecified atom stereocenters. The molecule has 1 N–H and O–H groups in total. The van der Waals surface area contributed by atoms with E-state index in [0.29, 0.717) is 0 Å². The number of furan rings is 1. The molecular weight excluding hydrogens is 795 g/mol. The number of allylic oxidation sites excluding steroid dienone is 2. The summed E-state index contributed by atoms with van der Waals surface area (Å²) >= 11 is 0. The average molecular weight is 852 g/mol. The number of hydrogen-bond donors (Lipinski definition) is 1. The summed E-state index contributed by atoms with van der Waals surface area (Å²) in [6, 6.07) is 27.0. The van der Waals surface area contributed by atoms with Gasteiger partial charge in [0.25, 0.3) is 0 Å². The Bertz CT molecular complexity index is 1950. The third kappa shape index (κ3) is 10.5. The van der Waals surface area contributed by atoms with Crippen LogP contribution in [0.15, 0.2) is 89.2 Å². The molecule has 50 heavy (non-hydrogen) atoms. The van der Waals surface area contributed by atoms with Crippen LogP contribution in [-0.4, -0.2) is 15.9 Å². The van der Waals surface area contributed by atoms with Crippen LogP contribution < -0.4 is 0 Å². The first-order chi connectivity index (χ1) is 23.6. The molecule has 0 fully saturated rings. The number of benzene rings is 3. The molecule has 3 aromatic carbocycles. The molecule has 4 nitrogen and oxygen atoms in total. The number of aromatic nitrogens is 1. The minimum absolute atomic E-state index is 0. The summed E-state index contributed by atoms with van der Waals surface area (Å²) in [4.78, 5) is 16.6. The van der Waals surface area contributed by atoms with Crippen molar-refractivity contribution in [2.24, 2.45) is 17.3 Å². The van der Waals surface area contributed by atoms with E-state index in [0.717, 1.165) is 71.0 Å². The van der Waals surface area contributed by atoms with E-state index in [1.54, 1.807) is 0 Å². The number of nitrogens with zero attached hydrogens (tertiary/aromatic N) is 1. The van der Waals surface area contributed by atoms with Gasteiger partial charge in [0.15, 0.2) is 5.78 Å². The third-order valence-electron chi connectivity index (χ3n) is 9.20. The third-order valence-corrected chi connectivity index (χ3v) is 9.20. The molecule has 5 aromatic rings. The number of carbonyl (C=O) groups excluding carboxylic acids is 1. The molecule has 5 heteroatoms. The van der Waals surface area contributed by atoms with Gasteiger partial charge in [0, 0.05) is 60.8 Å². The van der Waals surface area contributed by atoms with Crippen molar-refractivity contribution in [1.82, 2.24) is 4.98 Å². The monoisotopic (exact) mass is 852 g/mol. The largest absolute Gasteiger partial charge is 0.512 e. The van der Waals surface area contributed by atoms with Crippen LogP contribution >= 0.6 is 0 Å².